The van der Waals surface area contributed by atoms with Crippen molar-refractivity contribution in [3.63, 3.8) is 0 Å². The fraction of sp³-hybridized carbons (Fsp3) is 0.464. The highest BCUT2D eigenvalue weighted by Gasteiger charge is 2.33. The number of nitrogens with zero attached hydrogens (tertiary/aromatic N) is 5. The summed E-state index contributed by atoms with van der Waals surface area (Å²) in [4.78, 5) is 42.5. The number of fused-ring (bicyclic) bond motifs is 1. The van der Waals surface area contributed by atoms with E-state index in [1.165, 1.54) is 58.4 Å². The Morgan fingerprint density at radius 2 is 1.88 bits per heavy atom. The fourth-order valence-corrected chi connectivity index (χ4v) is 7.10. The average Bonchev–Trinajstić information content (AvgIpc) is 3.73. The van der Waals surface area contributed by atoms with Gasteiger partial charge in [-0.3, -0.25) is 14.2 Å². The zero-order valence-corrected chi connectivity index (χ0v) is 24.0. The fourth-order valence-electron chi connectivity index (χ4n) is 5.88. The number of amides is 1. The van der Waals surface area contributed by atoms with Crippen molar-refractivity contribution in [1.29, 1.82) is 0 Å². The van der Waals surface area contributed by atoms with E-state index in [1.807, 2.05) is 0 Å². The predicted molar refractivity (Wildman–Crippen MR) is 152 cm³/mol. The van der Waals surface area contributed by atoms with Crippen molar-refractivity contribution >= 4 is 27.5 Å². The van der Waals surface area contributed by atoms with Crippen LogP contribution < -0.4 is 21.3 Å². The number of aryl methyl sites for hydroxylation is 1. The first kappa shape index (κ1) is 28.2. The second kappa shape index (κ2) is 11.4. The molecule has 6 rings (SSSR count). The molecule has 0 radical (unpaired) electrons. The lowest BCUT2D eigenvalue weighted by molar-refractivity contribution is -0.122. The van der Waals surface area contributed by atoms with Crippen LogP contribution in [-0.4, -0.2) is 61.0 Å². The number of hydrogen-bond acceptors (Lipinski definition) is 9. The summed E-state index contributed by atoms with van der Waals surface area (Å²) in [5.74, 6) is -0.515. The van der Waals surface area contributed by atoms with Crippen molar-refractivity contribution in [2.24, 2.45) is 0 Å². The zero-order chi connectivity index (χ0) is 29.5. The Morgan fingerprint density at radius 1 is 1.14 bits per heavy atom. The minimum Gasteiger partial charge on any atom is -0.496 e. The molecule has 42 heavy (non-hydrogen) atoms. The van der Waals surface area contributed by atoms with Crippen LogP contribution in [0.1, 0.15) is 55.4 Å². The molecule has 222 valence electrons. The quantitative estimate of drug-likeness (QED) is 0.315. The molecule has 0 spiro atoms. The summed E-state index contributed by atoms with van der Waals surface area (Å²) < 4.78 is 29.2. The molecule has 2 fully saturated rings. The van der Waals surface area contributed by atoms with Crippen molar-refractivity contribution in [1.82, 2.24) is 29.4 Å². The molecule has 2 N–H and O–H groups in total. The SMILES string of the molecule is COc1ccc(F)cc1[C@H](Cn1c(=O)n([C@@H]2CCNC2=O)c(=O)c2c(C)c(-n3nccn3)sc21)O[C@H]1CC[C@@H](O)CC1. The van der Waals surface area contributed by atoms with Crippen LogP contribution in [0.15, 0.2) is 40.2 Å². The number of halogens is 1. The topological polar surface area (TPSA) is 142 Å². The number of methoxy groups -OCH3 is 1. The summed E-state index contributed by atoms with van der Waals surface area (Å²) in [6, 6.07) is 3.15. The molecule has 1 amide bonds. The van der Waals surface area contributed by atoms with Gasteiger partial charge in [0.25, 0.3) is 5.56 Å². The average molecular weight is 599 g/mol. The molecule has 2 atom stereocenters. The smallest absolute Gasteiger partial charge is 0.332 e. The molecule has 1 aliphatic carbocycles. The number of carbonyl (C=O) groups excluding carboxylic acids is 1. The third kappa shape index (κ3) is 5.03. The Hall–Kier alpha value is -3.88. The Morgan fingerprint density at radius 3 is 2.55 bits per heavy atom. The summed E-state index contributed by atoms with van der Waals surface area (Å²) in [7, 11) is 1.47. The third-order valence-corrected chi connectivity index (χ3v) is 9.32. The van der Waals surface area contributed by atoms with Gasteiger partial charge in [0.15, 0.2) is 0 Å². The van der Waals surface area contributed by atoms with Crippen molar-refractivity contribution in [3.8, 4) is 10.8 Å². The van der Waals surface area contributed by atoms with E-state index in [9.17, 15) is 23.9 Å². The largest absolute Gasteiger partial charge is 0.496 e. The standard InChI is InChI=1S/C28H31FN6O6S/c1-15-23-25(38)34(20-9-10-30-24(20)37)28(39)33(27(23)42-26(15)35-31-11-12-32-35)14-22(41-18-6-4-17(36)5-7-18)19-13-16(29)3-8-21(19)40-2/h3,8,11-13,17-18,20,22,36H,4-7,9-10,14H2,1-2H3,(H,30,37)/t17-,18+,20-,22+/m1/s1. The highest BCUT2D eigenvalue weighted by molar-refractivity contribution is 7.21. The van der Waals surface area contributed by atoms with Gasteiger partial charge < -0.3 is 19.9 Å². The maximum absolute atomic E-state index is 14.6. The number of aliphatic hydroxyl groups excluding tert-OH is 1. The number of thiophene rings is 1. The lowest BCUT2D eigenvalue weighted by Gasteiger charge is -2.31. The van der Waals surface area contributed by atoms with Crippen LogP contribution in [0.5, 0.6) is 5.75 Å². The second-order valence-electron chi connectivity index (χ2n) is 10.6. The van der Waals surface area contributed by atoms with Gasteiger partial charge in [0.2, 0.25) is 5.91 Å². The predicted octanol–water partition coefficient (Wildman–Crippen LogP) is 2.38. The van der Waals surface area contributed by atoms with Gasteiger partial charge in [-0.2, -0.15) is 10.2 Å². The van der Waals surface area contributed by atoms with Crippen LogP contribution >= 0.6 is 11.3 Å². The third-order valence-electron chi connectivity index (χ3n) is 8.04. The van der Waals surface area contributed by atoms with Crippen LogP contribution in [0, 0.1) is 12.7 Å². The number of ether oxygens (including phenoxy) is 2. The van der Waals surface area contributed by atoms with Crippen LogP contribution in [-0.2, 0) is 16.1 Å². The van der Waals surface area contributed by atoms with Gasteiger partial charge in [0.1, 0.15) is 33.5 Å². The molecule has 1 saturated heterocycles. The molecule has 0 bridgehead atoms. The molecule has 4 heterocycles. The molecule has 0 unspecified atom stereocenters. The molecule has 1 saturated carbocycles. The van der Waals surface area contributed by atoms with Crippen LogP contribution in [0.2, 0.25) is 0 Å². The number of nitrogens with one attached hydrogen (secondary N) is 1. The maximum atomic E-state index is 14.6. The Bertz CT molecular complexity index is 1740. The first-order valence-corrected chi connectivity index (χ1v) is 14.7. The number of aliphatic hydroxyl groups is 1. The Labute approximate surface area is 243 Å². The molecular weight excluding hydrogens is 567 g/mol. The summed E-state index contributed by atoms with van der Waals surface area (Å²) in [6.07, 6.45) is 4.12. The van der Waals surface area contributed by atoms with E-state index in [1.54, 1.807) is 6.92 Å². The number of rotatable bonds is 8. The summed E-state index contributed by atoms with van der Waals surface area (Å²) in [5, 5.41) is 22.0. The zero-order valence-electron chi connectivity index (χ0n) is 23.2. The molecule has 2 aliphatic rings. The van der Waals surface area contributed by atoms with E-state index in [0.717, 1.165) is 4.57 Å². The van der Waals surface area contributed by atoms with Crippen molar-refractivity contribution in [2.45, 2.75) is 69.9 Å². The normalized spacial score (nSPS) is 21.5. The highest BCUT2D eigenvalue weighted by Crippen LogP contribution is 2.36. The number of aromatic nitrogens is 5. The summed E-state index contributed by atoms with van der Waals surface area (Å²) in [5.41, 5.74) is -0.261. The molecule has 1 aromatic carbocycles. The second-order valence-corrected chi connectivity index (χ2v) is 11.6. The van der Waals surface area contributed by atoms with Crippen molar-refractivity contribution < 1.29 is 23.8 Å². The minimum absolute atomic E-state index is 0.0885. The molecule has 1 aliphatic heterocycles. The van der Waals surface area contributed by atoms with Crippen molar-refractivity contribution in [3.05, 3.63) is 68.4 Å². The van der Waals surface area contributed by atoms with E-state index in [4.69, 9.17) is 9.47 Å². The van der Waals surface area contributed by atoms with E-state index in [-0.39, 0.29) is 24.5 Å². The maximum Gasteiger partial charge on any atom is 0.332 e. The van der Waals surface area contributed by atoms with E-state index in [2.05, 4.69) is 15.5 Å². The number of hydrogen-bond donors (Lipinski definition) is 2. The van der Waals surface area contributed by atoms with E-state index >= 15 is 0 Å². The van der Waals surface area contributed by atoms with Gasteiger partial charge in [-0.1, -0.05) is 11.3 Å². The molecule has 3 aromatic heterocycles. The summed E-state index contributed by atoms with van der Waals surface area (Å²) in [6.45, 7) is 2.01. The first-order chi connectivity index (χ1) is 20.3. The molecular formula is C28H31FN6O6S. The first-order valence-electron chi connectivity index (χ1n) is 13.9. The summed E-state index contributed by atoms with van der Waals surface area (Å²) >= 11 is 1.18. The van der Waals surface area contributed by atoms with Crippen molar-refractivity contribution in [2.75, 3.05) is 13.7 Å². The molecule has 14 heteroatoms. The van der Waals surface area contributed by atoms with E-state index in [0.29, 0.717) is 58.9 Å². The van der Waals surface area contributed by atoms with Crippen LogP contribution in [0.3, 0.4) is 0 Å². The van der Waals surface area contributed by atoms with Crippen LogP contribution in [0.25, 0.3) is 15.2 Å². The number of carbonyl (C=O) groups is 1. The number of benzene rings is 1. The monoisotopic (exact) mass is 598 g/mol. The lowest BCUT2D eigenvalue weighted by Crippen LogP contribution is -2.44. The van der Waals surface area contributed by atoms with Gasteiger partial charge in [0, 0.05) is 17.7 Å². The minimum atomic E-state index is -0.964. The van der Waals surface area contributed by atoms with Gasteiger partial charge in [-0.25, -0.2) is 13.8 Å². The molecule has 12 nitrogen and oxygen atoms in total. The van der Waals surface area contributed by atoms with Gasteiger partial charge in [-0.15, -0.1) is 4.80 Å². The Balaban J connectivity index is 1.55. The lowest BCUT2D eigenvalue weighted by atomic mass is 9.94. The molecule has 4 aromatic rings. The van der Waals surface area contributed by atoms with Gasteiger partial charge in [-0.05, 0) is 57.2 Å². The highest BCUT2D eigenvalue weighted by atomic mass is 32.1. The van der Waals surface area contributed by atoms with E-state index < -0.39 is 41.2 Å². The Kier molecular flexibility index (Phi) is 7.68. The van der Waals surface area contributed by atoms with Gasteiger partial charge in [0.05, 0.1) is 43.6 Å². The van der Waals surface area contributed by atoms with Gasteiger partial charge >= 0.3 is 5.69 Å². The van der Waals surface area contributed by atoms with Crippen LogP contribution in [0.4, 0.5) is 4.39 Å².